The maximum absolute atomic E-state index is 12.6. The van der Waals surface area contributed by atoms with Gasteiger partial charge in [-0.15, -0.1) is 0 Å². The summed E-state index contributed by atoms with van der Waals surface area (Å²) < 4.78 is 12.9. The molecule has 3 aromatic rings. The molecule has 30 heavy (non-hydrogen) atoms. The van der Waals surface area contributed by atoms with Crippen molar-refractivity contribution in [3.8, 4) is 5.75 Å². The number of nitrogens with one attached hydrogen (secondary N) is 1. The molecule has 0 aliphatic carbocycles. The Labute approximate surface area is 176 Å². The Morgan fingerprint density at radius 3 is 2.63 bits per heavy atom. The first-order valence-corrected chi connectivity index (χ1v) is 10.4. The van der Waals surface area contributed by atoms with Gasteiger partial charge in [0.05, 0.1) is 37.9 Å². The van der Waals surface area contributed by atoms with Gasteiger partial charge < -0.3 is 19.4 Å². The highest BCUT2D eigenvalue weighted by Gasteiger charge is 2.17. The monoisotopic (exact) mass is 408 g/mol. The molecule has 7 nitrogen and oxygen atoms in total. The maximum atomic E-state index is 12.6. The number of amides is 1. The lowest BCUT2D eigenvalue weighted by Crippen LogP contribution is -2.36. The average Bonchev–Trinajstić information content (AvgIpc) is 3.11. The number of carbonyl (C=O) groups excluding carboxylic acids is 1. The number of nitrogens with zero attached hydrogens (tertiary/aromatic N) is 3. The molecule has 158 valence electrons. The van der Waals surface area contributed by atoms with Gasteiger partial charge in [-0.05, 0) is 48.9 Å². The average molecular weight is 409 g/mol. The fourth-order valence-electron chi connectivity index (χ4n) is 3.76. The number of aryl methyl sites for hydroxylation is 1. The van der Waals surface area contributed by atoms with Gasteiger partial charge in [-0.1, -0.05) is 6.92 Å². The minimum absolute atomic E-state index is 0.154. The van der Waals surface area contributed by atoms with Crippen LogP contribution < -0.4 is 10.1 Å². The van der Waals surface area contributed by atoms with Crippen molar-refractivity contribution in [2.45, 2.75) is 26.4 Å². The number of carbonyl (C=O) groups is 1. The van der Waals surface area contributed by atoms with E-state index in [2.05, 4.69) is 21.7 Å². The van der Waals surface area contributed by atoms with Crippen LogP contribution in [-0.4, -0.2) is 53.8 Å². The molecule has 1 amide bonds. The van der Waals surface area contributed by atoms with Gasteiger partial charge >= 0.3 is 0 Å². The van der Waals surface area contributed by atoms with Gasteiger partial charge in [0.15, 0.2) is 0 Å². The van der Waals surface area contributed by atoms with Crippen LogP contribution in [0.5, 0.6) is 5.75 Å². The molecule has 0 saturated carbocycles. The molecule has 0 radical (unpaired) electrons. The normalized spacial score (nSPS) is 14.7. The maximum Gasteiger partial charge on any atom is 0.255 e. The van der Waals surface area contributed by atoms with Gasteiger partial charge in [-0.3, -0.25) is 9.69 Å². The van der Waals surface area contributed by atoms with Crippen LogP contribution in [0.4, 0.5) is 5.69 Å². The number of aromatic nitrogens is 2. The largest absolute Gasteiger partial charge is 0.497 e. The molecule has 2 aromatic carbocycles. The third kappa shape index (κ3) is 4.47. The molecule has 0 bridgehead atoms. The topological polar surface area (TPSA) is 68.6 Å². The van der Waals surface area contributed by atoms with Crippen LogP contribution in [0.25, 0.3) is 11.0 Å². The molecule has 1 N–H and O–H groups in total. The summed E-state index contributed by atoms with van der Waals surface area (Å²) in [4.78, 5) is 19.9. The van der Waals surface area contributed by atoms with Gasteiger partial charge in [0, 0.05) is 30.9 Å². The van der Waals surface area contributed by atoms with Crippen molar-refractivity contribution in [1.82, 2.24) is 14.5 Å². The molecule has 4 rings (SSSR count). The Bertz CT molecular complexity index is 1010. The van der Waals surface area contributed by atoms with Crippen molar-refractivity contribution < 1.29 is 14.3 Å². The zero-order valence-corrected chi connectivity index (χ0v) is 17.6. The summed E-state index contributed by atoms with van der Waals surface area (Å²) in [6.07, 6.45) is 1.04. The third-order valence-electron chi connectivity index (χ3n) is 5.35. The van der Waals surface area contributed by atoms with E-state index in [-0.39, 0.29) is 5.91 Å². The van der Waals surface area contributed by atoms with Gasteiger partial charge in [-0.2, -0.15) is 0 Å². The van der Waals surface area contributed by atoms with Crippen LogP contribution in [0.3, 0.4) is 0 Å². The van der Waals surface area contributed by atoms with Crippen molar-refractivity contribution in [3.63, 3.8) is 0 Å². The number of benzene rings is 2. The van der Waals surface area contributed by atoms with Gasteiger partial charge in [0.25, 0.3) is 5.91 Å². The summed E-state index contributed by atoms with van der Waals surface area (Å²) in [6.45, 7) is 7.31. The van der Waals surface area contributed by atoms with Crippen LogP contribution in [-0.2, 0) is 17.8 Å². The van der Waals surface area contributed by atoms with Crippen molar-refractivity contribution >= 4 is 22.6 Å². The van der Waals surface area contributed by atoms with E-state index in [4.69, 9.17) is 14.5 Å². The highest BCUT2D eigenvalue weighted by Crippen LogP contribution is 2.23. The van der Waals surface area contributed by atoms with E-state index in [9.17, 15) is 4.79 Å². The number of imidazole rings is 1. The molecule has 1 aliphatic heterocycles. The number of ether oxygens (including phenoxy) is 2. The first-order chi connectivity index (χ1) is 14.7. The fraction of sp³-hybridized carbons (Fsp3) is 0.391. The van der Waals surface area contributed by atoms with E-state index in [1.807, 2.05) is 18.2 Å². The van der Waals surface area contributed by atoms with Gasteiger partial charge in [0.2, 0.25) is 0 Å². The Hall–Kier alpha value is -2.90. The van der Waals surface area contributed by atoms with Crippen molar-refractivity contribution in [2.24, 2.45) is 0 Å². The molecular formula is C23H28N4O3. The molecule has 7 heteroatoms. The zero-order chi connectivity index (χ0) is 20.9. The summed E-state index contributed by atoms with van der Waals surface area (Å²) >= 11 is 0. The summed E-state index contributed by atoms with van der Waals surface area (Å²) in [7, 11) is 1.61. The van der Waals surface area contributed by atoms with Gasteiger partial charge in [0.1, 0.15) is 11.6 Å². The van der Waals surface area contributed by atoms with E-state index in [0.29, 0.717) is 5.56 Å². The van der Waals surface area contributed by atoms with E-state index >= 15 is 0 Å². The van der Waals surface area contributed by atoms with Gasteiger partial charge in [-0.25, -0.2) is 4.98 Å². The molecule has 0 unspecified atom stereocenters. The van der Waals surface area contributed by atoms with Crippen LogP contribution in [0.2, 0.25) is 0 Å². The molecule has 0 spiro atoms. The third-order valence-corrected chi connectivity index (χ3v) is 5.35. The number of morpholine rings is 1. The molecule has 1 aliphatic rings. The quantitative estimate of drug-likeness (QED) is 0.648. The van der Waals surface area contributed by atoms with Crippen molar-refractivity contribution in [2.75, 3.05) is 38.7 Å². The van der Waals surface area contributed by atoms with Crippen molar-refractivity contribution in [1.29, 1.82) is 0 Å². The number of fused-ring (bicyclic) bond motifs is 1. The van der Waals surface area contributed by atoms with Crippen LogP contribution in [0, 0.1) is 0 Å². The molecule has 0 atom stereocenters. The van der Waals surface area contributed by atoms with E-state index in [1.54, 1.807) is 31.4 Å². The summed E-state index contributed by atoms with van der Waals surface area (Å²) in [5, 5.41) is 2.97. The Morgan fingerprint density at radius 2 is 1.93 bits per heavy atom. The lowest BCUT2D eigenvalue weighted by Gasteiger charge is -2.26. The standard InChI is InChI=1S/C23H28N4O3/c1-3-10-27-21-9-6-18(24-23(28)17-4-7-19(29-2)8-5-17)15-20(21)25-22(27)16-26-11-13-30-14-12-26/h4-9,15H,3,10-14,16H2,1-2H3,(H,24,28). The Kier molecular flexibility index (Phi) is 6.30. The second kappa shape index (κ2) is 9.28. The molecule has 2 heterocycles. The number of methoxy groups -OCH3 is 1. The fourth-order valence-corrected chi connectivity index (χ4v) is 3.76. The predicted octanol–water partition coefficient (Wildman–Crippen LogP) is 3.54. The first kappa shape index (κ1) is 20.4. The van der Waals surface area contributed by atoms with E-state index in [0.717, 1.165) is 74.1 Å². The lowest BCUT2D eigenvalue weighted by atomic mass is 10.2. The zero-order valence-electron chi connectivity index (χ0n) is 17.6. The van der Waals surface area contributed by atoms with E-state index in [1.165, 1.54) is 0 Å². The minimum atomic E-state index is -0.154. The molecule has 1 saturated heterocycles. The number of anilines is 1. The van der Waals surface area contributed by atoms with E-state index < -0.39 is 0 Å². The molecule has 1 aromatic heterocycles. The number of rotatable bonds is 7. The summed E-state index contributed by atoms with van der Waals surface area (Å²) in [5.41, 5.74) is 3.32. The summed E-state index contributed by atoms with van der Waals surface area (Å²) in [6, 6.07) is 13.0. The smallest absolute Gasteiger partial charge is 0.255 e. The van der Waals surface area contributed by atoms with Crippen molar-refractivity contribution in [3.05, 3.63) is 53.9 Å². The highest BCUT2D eigenvalue weighted by atomic mass is 16.5. The minimum Gasteiger partial charge on any atom is -0.497 e. The van der Waals surface area contributed by atoms with Crippen LogP contribution in [0.1, 0.15) is 29.5 Å². The first-order valence-electron chi connectivity index (χ1n) is 10.4. The van der Waals surface area contributed by atoms with Crippen LogP contribution >= 0.6 is 0 Å². The second-order valence-corrected chi connectivity index (χ2v) is 7.45. The number of hydrogen-bond acceptors (Lipinski definition) is 5. The molecule has 1 fully saturated rings. The summed E-state index contributed by atoms with van der Waals surface area (Å²) in [5.74, 6) is 1.63. The number of hydrogen-bond donors (Lipinski definition) is 1. The van der Waals surface area contributed by atoms with Crippen LogP contribution in [0.15, 0.2) is 42.5 Å². The Balaban J connectivity index is 1.55. The highest BCUT2D eigenvalue weighted by molar-refractivity contribution is 6.05. The Morgan fingerprint density at radius 1 is 1.17 bits per heavy atom. The lowest BCUT2D eigenvalue weighted by molar-refractivity contribution is 0.0326. The SMILES string of the molecule is CCCn1c(CN2CCOCC2)nc2cc(NC(=O)c3ccc(OC)cc3)ccc21. The second-order valence-electron chi connectivity index (χ2n) is 7.45. The molecular weight excluding hydrogens is 380 g/mol. The predicted molar refractivity (Wildman–Crippen MR) is 117 cm³/mol.